The van der Waals surface area contributed by atoms with Gasteiger partial charge >= 0.3 is 5.97 Å². The molecule has 3 heterocycles. The summed E-state index contributed by atoms with van der Waals surface area (Å²) in [6, 6.07) is 8.09. The van der Waals surface area contributed by atoms with Crippen LogP contribution in [-0.2, 0) is 27.9 Å². The highest BCUT2D eigenvalue weighted by Crippen LogP contribution is 2.42. The van der Waals surface area contributed by atoms with E-state index < -0.39 is 0 Å². The molecule has 0 radical (unpaired) electrons. The third-order valence-electron chi connectivity index (χ3n) is 6.98. The molecule has 8 nitrogen and oxygen atoms in total. The SMILES string of the molecule is CCC(NCc1ccc2c(c1)NC(c1cc(C)c(=O)n(C)c1)N2C[C@@H]1CCCOC1)C(=O)OC(C)C. The van der Waals surface area contributed by atoms with Crippen molar-refractivity contribution in [1.82, 2.24) is 9.88 Å². The number of rotatable bonds is 9. The molecule has 3 atom stereocenters. The number of ether oxygens (including phenoxy) is 2. The Morgan fingerprint density at radius 2 is 2.11 bits per heavy atom. The maximum Gasteiger partial charge on any atom is 0.323 e. The van der Waals surface area contributed by atoms with Crippen molar-refractivity contribution in [3.8, 4) is 0 Å². The van der Waals surface area contributed by atoms with Crippen LogP contribution in [0, 0.1) is 12.8 Å². The van der Waals surface area contributed by atoms with Crippen LogP contribution in [0.15, 0.2) is 35.3 Å². The Balaban J connectivity index is 1.56. The number of pyridine rings is 1. The van der Waals surface area contributed by atoms with Crippen molar-refractivity contribution >= 4 is 17.3 Å². The minimum Gasteiger partial charge on any atom is -0.462 e. The van der Waals surface area contributed by atoms with E-state index in [-0.39, 0.29) is 29.8 Å². The molecule has 36 heavy (non-hydrogen) atoms. The van der Waals surface area contributed by atoms with Gasteiger partial charge in [-0.3, -0.25) is 9.59 Å². The van der Waals surface area contributed by atoms with E-state index in [2.05, 4.69) is 33.7 Å². The number of aromatic nitrogens is 1. The van der Waals surface area contributed by atoms with E-state index in [0.29, 0.717) is 18.9 Å². The summed E-state index contributed by atoms with van der Waals surface area (Å²) in [5, 5.41) is 7.06. The summed E-state index contributed by atoms with van der Waals surface area (Å²) in [7, 11) is 1.80. The Hall–Kier alpha value is -2.84. The van der Waals surface area contributed by atoms with Gasteiger partial charge in [-0.25, -0.2) is 0 Å². The van der Waals surface area contributed by atoms with E-state index in [4.69, 9.17) is 9.47 Å². The number of nitrogens with zero attached hydrogens (tertiary/aromatic N) is 2. The summed E-state index contributed by atoms with van der Waals surface area (Å²) in [6.07, 6.45) is 4.64. The zero-order chi connectivity index (χ0) is 25.8. The van der Waals surface area contributed by atoms with Crippen LogP contribution >= 0.6 is 0 Å². The fourth-order valence-electron chi connectivity index (χ4n) is 5.13. The van der Waals surface area contributed by atoms with Gasteiger partial charge in [-0.15, -0.1) is 0 Å². The van der Waals surface area contributed by atoms with Gasteiger partial charge in [0.2, 0.25) is 0 Å². The van der Waals surface area contributed by atoms with Gasteiger partial charge in [0, 0.05) is 44.1 Å². The summed E-state index contributed by atoms with van der Waals surface area (Å²) >= 11 is 0. The first-order valence-electron chi connectivity index (χ1n) is 13.1. The van der Waals surface area contributed by atoms with Crippen molar-refractivity contribution in [2.75, 3.05) is 30.0 Å². The highest BCUT2D eigenvalue weighted by atomic mass is 16.5. The standard InChI is InChI=1S/C28H40N4O4/c1-6-23(28(34)36-18(2)3)29-14-20-9-10-25-24(13-20)30-26(22-12-19(4)27(33)31(5)16-22)32(25)15-21-8-7-11-35-17-21/h9-10,12-13,16,18,21,23,26,29-30H,6-8,11,14-15,17H2,1-5H3/t21-,23?,26?/m0/s1. The topological polar surface area (TPSA) is 84.8 Å². The molecule has 0 bridgehead atoms. The average Bonchev–Trinajstić information content (AvgIpc) is 3.20. The molecule has 1 aromatic carbocycles. The predicted octanol–water partition coefficient (Wildman–Crippen LogP) is 3.87. The van der Waals surface area contributed by atoms with Gasteiger partial charge in [-0.2, -0.15) is 0 Å². The number of hydrogen-bond donors (Lipinski definition) is 2. The molecule has 2 aliphatic heterocycles. The van der Waals surface area contributed by atoms with Gasteiger partial charge in [-0.1, -0.05) is 13.0 Å². The number of carbonyl (C=O) groups excluding carboxylic acids is 1. The molecule has 1 fully saturated rings. The number of benzene rings is 1. The molecule has 2 aliphatic rings. The average molecular weight is 497 g/mol. The largest absolute Gasteiger partial charge is 0.462 e. The van der Waals surface area contributed by atoms with E-state index in [1.165, 1.54) is 0 Å². The van der Waals surface area contributed by atoms with Crippen LogP contribution in [0.25, 0.3) is 0 Å². The summed E-state index contributed by atoms with van der Waals surface area (Å²) in [5.41, 5.74) is 5.11. The fraction of sp³-hybridized carbons (Fsp3) is 0.571. The maximum atomic E-state index is 12.4. The summed E-state index contributed by atoms with van der Waals surface area (Å²) < 4.78 is 12.8. The fourth-order valence-corrected chi connectivity index (χ4v) is 5.13. The van der Waals surface area contributed by atoms with Crippen molar-refractivity contribution in [2.45, 2.75) is 71.8 Å². The molecule has 0 aliphatic carbocycles. The van der Waals surface area contributed by atoms with Gasteiger partial charge < -0.3 is 29.6 Å². The Morgan fingerprint density at radius 3 is 2.78 bits per heavy atom. The summed E-state index contributed by atoms with van der Waals surface area (Å²) in [6.45, 7) is 10.6. The summed E-state index contributed by atoms with van der Waals surface area (Å²) in [4.78, 5) is 27.1. The van der Waals surface area contributed by atoms with Crippen molar-refractivity contribution in [2.24, 2.45) is 13.0 Å². The molecular formula is C28H40N4O4. The van der Waals surface area contributed by atoms with Crippen LogP contribution in [0.1, 0.15) is 62.9 Å². The lowest BCUT2D eigenvalue weighted by atomic mass is 10.0. The van der Waals surface area contributed by atoms with Crippen LogP contribution in [0.3, 0.4) is 0 Å². The third-order valence-corrected chi connectivity index (χ3v) is 6.98. The Morgan fingerprint density at radius 1 is 1.31 bits per heavy atom. The molecule has 8 heteroatoms. The lowest BCUT2D eigenvalue weighted by Crippen LogP contribution is -2.38. The zero-order valence-corrected chi connectivity index (χ0v) is 22.2. The number of carbonyl (C=O) groups is 1. The van der Waals surface area contributed by atoms with E-state index in [1.807, 2.05) is 40.0 Å². The highest BCUT2D eigenvalue weighted by molar-refractivity contribution is 5.78. The Labute approximate surface area is 214 Å². The first-order valence-corrected chi connectivity index (χ1v) is 13.1. The molecule has 1 saturated heterocycles. The third kappa shape index (κ3) is 5.93. The Bertz CT molecular complexity index is 1100. The molecule has 4 rings (SSSR count). The van der Waals surface area contributed by atoms with Gasteiger partial charge in [0.25, 0.3) is 5.56 Å². The minimum absolute atomic E-state index is 0.0244. The molecular weight excluding hydrogens is 456 g/mol. The first kappa shape index (κ1) is 26.2. The minimum atomic E-state index is -0.335. The monoisotopic (exact) mass is 496 g/mol. The second-order valence-corrected chi connectivity index (χ2v) is 10.3. The molecule has 2 unspecified atom stereocenters. The second-order valence-electron chi connectivity index (χ2n) is 10.3. The van der Waals surface area contributed by atoms with Crippen molar-refractivity contribution in [3.63, 3.8) is 0 Å². The van der Waals surface area contributed by atoms with Crippen molar-refractivity contribution < 1.29 is 14.3 Å². The maximum absolute atomic E-state index is 12.4. The highest BCUT2D eigenvalue weighted by Gasteiger charge is 2.33. The quantitative estimate of drug-likeness (QED) is 0.510. The first-order chi connectivity index (χ1) is 17.3. The van der Waals surface area contributed by atoms with Gasteiger partial charge in [0.15, 0.2) is 0 Å². The molecule has 1 aromatic heterocycles. The van der Waals surface area contributed by atoms with Crippen LogP contribution in [0.4, 0.5) is 11.4 Å². The smallest absolute Gasteiger partial charge is 0.323 e. The van der Waals surface area contributed by atoms with Crippen LogP contribution < -0.4 is 21.1 Å². The Kier molecular flexibility index (Phi) is 8.36. The summed E-state index contributed by atoms with van der Waals surface area (Å²) in [5.74, 6) is 0.249. The number of aryl methyl sites for hydroxylation is 2. The molecule has 0 saturated carbocycles. The number of esters is 1. The number of nitrogens with one attached hydrogen (secondary N) is 2. The molecule has 2 aromatic rings. The van der Waals surface area contributed by atoms with Crippen LogP contribution in [0.2, 0.25) is 0 Å². The molecule has 0 amide bonds. The van der Waals surface area contributed by atoms with Crippen molar-refractivity contribution in [3.05, 3.63) is 57.5 Å². The van der Waals surface area contributed by atoms with E-state index in [1.54, 1.807) is 11.6 Å². The number of hydrogen-bond acceptors (Lipinski definition) is 7. The number of anilines is 2. The van der Waals surface area contributed by atoms with Crippen molar-refractivity contribution in [1.29, 1.82) is 0 Å². The second kappa shape index (κ2) is 11.5. The predicted molar refractivity (Wildman–Crippen MR) is 142 cm³/mol. The molecule has 2 N–H and O–H groups in total. The van der Waals surface area contributed by atoms with Gasteiger partial charge in [-0.05, 0) is 69.7 Å². The lowest BCUT2D eigenvalue weighted by molar-refractivity contribution is -0.150. The lowest BCUT2D eigenvalue weighted by Gasteiger charge is -2.33. The number of fused-ring (bicyclic) bond motifs is 1. The van der Waals surface area contributed by atoms with Gasteiger partial charge in [0.1, 0.15) is 12.2 Å². The molecule has 196 valence electrons. The van der Waals surface area contributed by atoms with Crippen LogP contribution in [0.5, 0.6) is 0 Å². The zero-order valence-electron chi connectivity index (χ0n) is 22.2. The van der Waals surface area contributed by atoms with Gasteiger partial charge in [0.05, 0.1) is 24.1 Å². The molecule has 0 spiro atoms. The normalized spacial score (nSPS) is 20.2. The van der Waals surface area contributed by atoms with Crippen LogP contribution in [-0.4, -0.2) is 42.4 Å². The van der Waals surface area contributed by atoms with E-state index >= 15 is 0 Å². The van der Waals surface area contributed by atoms with E-state index in [0.717, 1.165) is 60.7 Å². The van der Waals surface area contributed by atoms with E-state index in [9.17, 15) is 9.59 Å².